The summed E-state index contributed by atoms with van der Waals surface area (Å²) in [6.45, 7) is 0. The summed E-state index contributed by atoms with van der Waals surface area (Å²) in [6.07, 6.45) is 0. The topological polar surface area (TPSA) is 47.6 Å². The quantitative estimate of drug-likeness (QED) is 0.930. The third kappa shape index (κ3) is 2.59. The van der Waals surface area contributed by atoms with Crippen molar-refractivity contribution < 1.29 is 14.3 Å². The van der Waals surface area contributed by atoms with Gasteiger partial charge in [0.15, 0.2) is 0 Å². The Hall–Kier alpha value is -2.49. The number of nitrogens with one attached hydrogen (secondary N) is 1. The van der Waals surface area contributed by atoms with E-state index >= 15 is 0 Å². The van der Waals surface area contributed by atoms with E-state index in [0.29, 0.717) is 5.56 Å². The van der Waals surface area contributed by atoms with Gasteiger partial charge in [-0.05, 0) is 29.8 Å². The number of methoxy groups -OCH3 is 2. The molecule has 0 spiro atoms. The average molecular weight is 271 g/mol. The normalized spacial score (nSPS) is 9.95. The number of hydrogen-bond acceptors (Lipinski definition) is 3. The summed E-state index contributed by atoms with van der Waals surface area (Å²) in [6, 6.07) is 12.9. The highest BCUT2D eigenvalue weighted by molar-refractivity contribution is 5.94. The molecule has 1 N–H and O–H groups in total. The minimum Gasteiger partial charge on any atom is -0.496 e. The van der Waals surface area contributed by atoms with E-state index in [4.69, 9.17) is 9.47 Å². The van der Waals surface area contributed by atoms with Gasteiger partial charge in [0.25, 0.3) is 5.91 Å². The molecule has 0 aliphatic heterocycles. The lowest BCUT2D eigenvalue weighted by Crippen LogP contribution is -2.17. The van der Waals surface area contributed by atoms with Gasteiger partial charge in [-0.25, -0.2) is 0 Å². The highest BCUT2D eigenvalue weighted by Crippen LogP contribution is 2.38. The number of amides is 1. The zero-order chi connectivity index (χ0) is 14.5. The fourth-order valence-corrected chi connectivity index (χ4v) is 2.07. The average Bonchev–Trinajstić information content (AvgIpc) is 2.53. The number of ether oxygens (including phenoxy) is 2. The molecule has 0 unspecified atom stereocenters. The van der Waals surface area contributed by atoms with Crippen LogP contribution in [-0.4, -0.2) is 27.2 Å². The minimum absolute atomic E-state index is 0.108. The predicted octanol–water partition coefficient (Wildman–Crippen LogP) is 2.73. The molecular weight excluding hydrogens is 254 g/mol. The molecule has 104 valence electrons. The Morgan fingerprint density at radius 1 is 0.950 bits per heavy atom. The summed E-state index contributed by atoms with van der Waals surface area (Å²) < 4.78 is 10.8. The number of rotatable bonds is 4. The number of hydrogen-bond donors (Lipinski definition) is 1. The third-order valence-corrected chi connectivity index (χ3v) is 3.09. The van der Waals surface area contributed by atoms with Crippen LogP contribution in [0.1, 0.15) is 10.4 Å². The van der Waals surface area contributed by atoms with Crippen LogP contribution in [0.2, 0.25) is 0 Å². The van der Waals surface area contributed by atoms with Gasteiger partial charge in [0.2, 0.25) is 0 Å². The minimum atomic E-state index is -0.108. The highest BCUT2D eigenvalue weighted by Gasteiger charge is 2.12. The van der Waals surface area contributed by atoms with Crippen LogP contribution >= 0.6 is 0 Å². The smallest absolute Gasteiger partial charge is 0.251 e. The number of carbonyl (C=O) groups excluding carboxylic acids is 1. The van der Waals surface area contributed by atoms with Crippen molar-refractivity contribution in [3.8, 4) is 22.6 Å². The molecule has 0 aromatic heterocycles. The molecule has 0 fully saturated rings. The Bertz CT molecular complexity index is 583. The maximum absolute atomic E-state index is 11.5. The molecule has 0 heterocycles. The van der Waals surface area contributed by atoms with Gasteiger partial charge in [-0.1, -0.05) is 18.2 Å². The van der Waals surface area contributed by atoms with Crippen LogP contribution in [0.3, 0.4) is 0 Å². The van der Waals surface area contributed by atoms with Gasteiger partial charge in [0.1, 0.15) is 11.5 Å². The molecule has 0 bridgehead atoms. The maximum atomic E-state index is 11.5. The molecule has 0 aliphatic rings. The molecule has 4 nitrogen and oxygen atoms in total. The first-order chi connectivity index (χ1) is 9.71. The van der Waals surface area contributed by atoms with E-state index in [1.807, 2.05) is 30.3 Å². The van der Waals surface area contributed by atoms with E-state index in [2.05, 4.69) is 5.32 Å². The van der Waals surface area contributed by atoms with Gasteiger partial charge < -0.3 is 14.8 Å². The highest BCUT2D eigenvalue weighted by atomic mass is 16.5. The van der Waals surface area contributed by atoms with Gasteiger partial charge in [-0.15, -0.1) is 0 Å². The predicted molar refractivity (Wildman–Crippen MR) is 78.4 cm³/mol. The summed E-state index contributed by atoms with van der Waals surface area (Å²) in [5, 5.41) is 2.60. The van der Waals surface area contributed by atoms with E-state index in [1.165, 1.54) is 0 Å². The summed E-state index contributed by atoms with van der Waals surface area (Å²) >= 11 is 0. The SMILES string of the molecule is CNC(=O)c1ccc(-c2c(OC)cccc2OC)cc1. The van der Waals surface area contributed by atoms with Crippen molar-refractivity contribution >= 4 is 5.91 Å². The second kappa shape index (κ2) is 6.10. The first-order valence-electron chi connectivity index (χ1n) is 6.24. The van der Waals surface area contributed by atoms with Gasteiger partial charge in [0.05, 0.1) is 19.8 Å². The molecule has 0 saturated carbocycles. The number of carbonyl (C=O) groups is 1. The summed E-state index contributed by atoms with van der Waals surface area (Å²) in [4.78, 5) is 11.5. The Morgan fingerprint density at radius 3 is 1.95 bits per heavy atom. The second-order valence-corrected chi connectivity index (χ2v) is 4.19. The van der Waals surface area contributed by atoms with Gasteiger partial charge in [0, 0.05) is 12.6 Å². The van der Waals surface area contributed by atoms with Crippen LogP contribution in [0.15, 0.2) is 42.5 Å². The fourth-order valence-electron chi connectivity index (χ4n) is 2.07. The standard InChI is InChI=1S/C16H17NO3/c1-17-16(18)12-9-7-11(8-10-12)15-13(19-2)5-4-6-14(15)20-3/h4-10H,1-3H3,(H,17,18). The van der Waals surface area contributed by atoms with Gasteiger partial charge in [-0.2, -0.15) is 0 Å². The fraction of sp³-hybridized carbons (Fsp3) is 0.188. The van der Waals surface area contributed by atoms with Crippen LogP contribution in [0.5, 0.6) is 11.5 Å². The van der Waals surface area contributed by atoms with E-state index in [-0.39, 0.29) is 5.91 Å². The largest absolute Gasteiger partial charge is 0.496 e. The Balaban J connectivity index is 2.48. The van der Waals surface area contributed by atoms with Crippen molar-refractivity contribution in [2.24, 2.45) is 0 Å². The molecule has 4 heteroatoms. The first kappa shape index (κ1) is 13.9. The lowest BCUT2D eigenvalue weighted by molar-refractivity contribution is 0.0963. The summed E-state index contributed by atoms with van der Waals surface area (Å²) in [7, 11) is 4.85. The zero-order valence-corrected chi connectivity index (χ0v) is 11.8. The van der Waals surface area contributed by atoms with Crippen LogP contribution in [0.4, 0.5) is 0 Å². The van der Waals surface area contributed by atoms with E-state index in [1.54, 1.807) is 33.4 Å². The van der Waals surface area contributed by atoms with Crippen molar-refractivity contribution in [1.82, 2.24) is 5.32 Å². The van der Waals surface area contributed by atoms with Gasteiger partial charge in [-0.3, -0.25) is 4.79 Å². The molecule has 1 amide bonds. The zero-order valence-electron chi connectivity index (χ0n) is 11.8. The third-order valence-electron chi connectivity index (χ3n) is 3.09. The number of benzene rings is 2. The van der Waals surface area contributed by atoms with Crippen LogP contribution in [0, 0.1) is 0 Å². The Labute approximate surface area is 118 Å². The molecule has 2 aromatic rings. The van der Waals surface area contributed by atoms with Gasteiger partial charge >= 0.3 is 0 Å². The van der Waals surface area contributed by atoms with Crippen molar-refractivity contribution in [3.05, 3.63) is 48.0 Å². The molecule has 0 atom stereocenters. The first-order valence-corrected chi connectivity index (χ1v) is 6.24. The lowest BCUT2D eigenvalue weighted by atomic mass is 10.0. The molecule has 0 saturated heterocycles. The molecule has 2 aromatic carbocycles. The molecule has 0 radical (unpaired) electrons. The van der Waals surface area contributed by atoms with E-state index in [0.717, 1.165) is 22.6 Å². The van der Waals surface area contributed by atoms with Crippen LogP contribution < -0.4 is 14.8 Å². The second-order valence-electron chi connectivity index (χ2n) is 4.19. The lowest BCUT2D eigenvalue weighted by Gasteiger charge is -2.13. The van der Waals surface area contributed by atoms with Crippen molar-refractivity contribution in [2.45, 2.75) is 0 Å². The molecule has 0 aliphatic carbocycles. The van der Waals surface area contributed by atoms with Crippen molar-refractivity contribution in [3.63, 3.8) is 0 Å². The monoisotopic (exact) mass is 271 g/mol. The summed E-state index contributed by atoms with van der Waals surface area (Å²) in [5.74, 6) is 1.36. The van der Waals surface area contributed by atoms with E-state index in [9.17, 15) is 4.79 Å². The maximum Gasteiger partial charge on any atom is 0.251 e. The molecule has 20 heavy (non-hydrogen) atoms. The van der Waals surface area contributed by atoms with Crippen molar-refractivity contribution in [1.29, 1.82) is 0 Å². The van der Waals surface area contributed by atoms with Crippen LogP contribution in [0.25, 0.3) is 11.1 Å². The van der Waals surface area contributed by atoms with E-state index < -0.39 is 0 Å². The molecular formula is C16H17NO3. The molecule has 2 rings (SSSR count). The van der Waals surface area contributed by atoms with Crippen molar-refractivity contribution in [2.75, 3.05) is 21.3 Å². The Morgan fingerprint density at radius 2 is 1.50 bits per heavy atom. The van der Waals surface area contributed by atoms with Crippen LogP contribution in [-0.2, 0) is 0 Å². The summed E-state index contributed by atoms with van der Waals surface area (Å²) in [5.41, 5.74) is 2.43. The Kier molecular flexibility index (Phi) is 4.25.